The van der Waals surface area contributed by atoms with Crippen LogP contribution in [0.4, 0.5) is 0 Å². The maximum absolute atomic E-state index is 3.57. The topological polar surface area (TPSA) is 0 Å². The van der Waals surface area contributed by atoms with Crippen LogP contribution >= 0.6 is 67.0 Å². The van der Waals surface area contributed by atoms with Crippen molar-refractivity contribution in [2.45, 2.75) is 0 Å². The summed E-state index contributed by atoms with van der Waals surface area (Å²) in [4.78, 5) is 1.32. The first-order valence-corrected chi connectivity index (χ1v) is 10.7. The summed E-state index contributed by atoms with van der Waals surface area (Å²) in [7, 11) is 9.03. The fraction of sp³-hybridized carbons (Fsp3) is 0. The van der Waals surface area contributed by atoms with Crippen molar-refractivity contribution in [3.8, 4) is 0 Å². The summed E-state index contributed by atoms with van der Waals surface area (Å²) in [6.45, 7) is 0. The molecule has 0 saturated carbocycles. The third-order valence-corrected chi connectivity index (χ3v) is 10.4. The second-order valence-corrected chi connectivity index (χ2v) is 10.6. The van der Waals surface area contributed by atoms with Crippen molar-refractivity contribution in [3.05, 3.63) is 39.7 Å². The average molecular weight is 341 g/mol. The summed E-state index contributed by atoms with van der Waals surface area (Å²) in [6.07, 6.45) is 0. The van der Waals surface area contributed by atoms with Crippen molar-refractivity contribution in [3.63, 3.8) is 0 Å². The van der Waals surface area contributed by atoms with Gasteiger partial charge in [-0.2, -0.15) is 0 Å². The summed E-state index contributed by atoms with van der Waals surface area (Å²) >= 11 is 3.57. The minimum atomic E-state index is 1.16. The lowest BCUT2D eigenvalue weighted by molar-refractivity contribution is 1.60. The van der Waals surface area contributed by atoms with Crippen LogP contribution in [0.3, 0.4) is 0 Å². The van der Waals surface area contributed by atoms with Gasteiger partial charge in [0, 0.05) is 14.9 Å². The van der Waals surface area contributed by atoms with Crippen LogP contribution in [-0.4, -0.2) is 0 Å². The molecule has 74 valence electrons. The molecule has 0 saturated heterocycles. The standard InChI is InChI=1S/C8H5BrS5/c9-7-4-2-1-3-6(7)8-5-10-12-14-13-11-8/h1-5H. The average Bonchev–Trinajstić information content (AvgIpc) is 2.47. The highest BCUT2D eigenvalue weighted by Crippen LogP contribution is 2.57. The monoisotopic (exact) mass is 340 g/mol. The van der Waals surface area contributed by atoms with E-state index in [1.807, 2.05) is 36.5 Å². The van der Waals surface area contributed by atoms with Gasteiger partial charge in [0.2, 0.25) is 0 Å². The van der Waals surface area contributed by atoms with Gasteiger partial charge in [-0.05, 0) is 51.7 Å². The van der Waals surface area contributed by atoms with E-state index in [9.17, 15) is 0 Å². The molecular formula is C8H5BrS5. The van der Waals surface area contributed by atoms with Gasteiger partial charge < -0.3 is 0 Å². The van der Waals surface area contributed by atoms with E-state index < -0.39 is 0 Å². The van der Waals surface area contributed by atoms with E-state index in [4.69, 9.17) is 0 Å². The van der Waals surface area contributed by atoms with Gasteiger partial charge in [0.1, 0.15) is 0 Å². The molecule has 0 aliphatic carbocycles. The molecule has 6 heteroatoms. The highest BCUT2D eigenvalue weighted by molar-refractivity contribution is 9.37. The molecule has 0 amide bonds. The van der Waals surface area contributed by atoms with Crippen molar-refractivity contribution in [1.82, 2.24) is 0 Å². The molecule has 0 spiro atoms. The molecule has 1 heterocycles. The Morgan fingerprint density at radius 2 is 1.86 bits per heavy atom. The van der Waals surface area contributed by atoms with Crippen LogP contribution in [0.5, 0.6) is 0 Å². The SMILES string of the molecule is Brc1ccccc1C1=CSSSSS1. The minimum Gasteiger partial charge on any atom is -0.0616 e. The van der Waals surface area contributed by atoms with Crippen LogP contribution in [0.1, 0.15) is 5.56 Å². The molecule has 1 aromatic carbocycles. The molecule has 0 N–H and O–H groups in total. The summed E-state index contributed by atoms with van der Waals surface area (Å²) in [5.74, 6) is 0. The lowest BCUT2D eigenvalue weighted by atomic mass is 10.2. The Balaban J connectivity index is 2.29. The molecule has 14 heavy (non-hydrogen) atoms. The van der Waals surface area contributed by atoms with E-state index >= 15 is 0 Å². The third-order valence-electron chi connectivity index (χ3n) is 1.51. The smallest absolute Gasteiger partial charge is 0.0347 e. The Kier molecular flexibility index (Phi) is 5.05. The van der Waals surface area contributed by atoms with Gasteiger partial charge in [-0.25, -0.2) is 0 Å². The molecule has 1 aliphatic rings. The number of halogens is 1. The summed E-state index contributed by atoms with van der Waals surface area (Å²) in [6, 6.07) is 8.34. The van der Waals surface area contributed by atoms with E-state index in [1.54, 1.807) is 20.6 Å². The molecule has 0 nitrogen and oxygen atoms in total. The van der Waals surface area contributed by atoms with E-state index in [1.165, 1.54) is 10.5 Å². The largest absolute Gasteiger partial charge is 0.0616 e. The van der Waals surface area contributed by atoms with Crippen LogP contribution in [0.25, 0.3) is 4.91 Å². The predicted octanol–water partition coefficient (Wildman–Crippen LogP) is 6.09. The van der Waals surface area contributed by atoms with Gasteiger partial charge in [0.05, 0.1) is 0 Å². The highest BCUT2D eigenvalue weighted by Gasteiger charge is 2.10. The van der Waals surface area contributed by atoms with Gasteiger partial charge in [-0.15, -0.1) is 0 Å². The van der Waals surface area contributed by atoms with Crippen molar-refractivity contribution in [2.75, 3.05) is 0 Å². The fourth-order valence-corrected chi connectivity index (χ4v) is 10.0. The third kappa shape index (κ3) is 3.09. The van der Waals surface area contributed by atoms with Crippen LogP contribution in [0.2, 0.25) is 0 Å². The van der Waals surface area contributed by atoms with E-state index in [0.29, 0.717) is 0 Å². The zero-order valence-corrected chi connectivity index (χ0v) is 12.5. The van der Waals surface area contributed by atoms with Crippen molar-refractivity contribution in [2.24, 2.45) is 0 Å². The second-order valence-electron chi connectivity index (χ2n) is 2.35. The Morgan fingerprint density at radius 3 is 2.71 bits per heavy atom. The Hall–Kier alpha value is 1.19. The lowest BCUT2D eigenvalue weighted by Gasteiger charge is -2.04. The maximum Gasteiger partial charge on any atom is 0.0347 e. The van der Waals surface area contributed by atoms with Crippen LogP contribution in [0.15, 0.2) is 34.1 Å². The van der Waals surface area contributed by atoms with E-state index in [0.717, 1.165) is 4.47 Å². The van der Waals surface area contributed by atoms with Crippen LogP contribution < -0.4 is 0 Å². The number of hydrogen-bond acceptors (Lipinski definition) is 5. The quantitative estimate of drug-likeness (QED) is 0.565. The molecule has 0 bridgehead atoms. The number of hydrogen-bond donors (Lipinski definition) is 0. The molecule has 1 aromatic rings. The van der Waals surface area contributed by atoms with Gasteiger partial charge in [0.15, 0.2) is 0 Å². The molecule has 0 fully saturated rings. The molecule has 0 radical (unpaired) electrons. The van der Waals surface area contributed by atoms with Crippen LogP contribution in [0, 0.1) is 0 Å². The predicted molar refractivity (Wildman–Crippen MR) is 80.1 cm³/mol. The maximum atomic E-state index is 3.57. The fourth-order valence-electron chi connectivity index (χ4n) is 0.930. The molecule has 0 aromatic heterocycles. The molecule has 0 unspecified atom stereocenters. The molecule has 1 aliphatic heterocycles. The summed E-state index contributed by atoms with van der Waals surface area (Å²) in [5.41, 5.74) is 1.28. The van der Waals surface area contributed by atoms with E-state index in [-0.39, 0.29) is 0 Å². The van der Waals surface area contributed by atoms with Crippen molar-refractivity contribution >= 4 is 71.9 Å². The first kappa shape index (κ1) is 11.7. The van der Waals surface area contributed by atoms with Crippen LogP contribution in [-0.2, 0) is 0 Å². The Bertz CT molecular complexity index is 351. The summed E-state index contributed by atoms with van der Waals surface area (Å²) < 4.78 is 1.16. The van der Waals surface area contributed by atoms with Gasteiger partial charge in [0.25, 0.3) is 0 Å². The normalized spacial score (nSPS) is 17.4. The number of benzene rings is 1. The molecule has 0 atom stereocenters. The Labute approximate surface area is 111 Å². The molecule has 2 rings (SSSR count). The van der Waals surface area contributed by atoms with E-state index in [2.05, 4.69) is 39.5 Å². The first-order chi connectivity index (χ1) is 6.88. The van der Waals surface area contributed by atoms with Gasteiger partial charge >= 0.3 is 0 Å². The summed E-state index contributed by atoms with van der Waals surface area (Å²) in [5, 5.41) is 2.21. The minimum absolute atomic E-state index is 1.16. The van der Waals surface area contributed by atoms with Crippen molar-refractivity contribution in [1.29, 1.82) is 0 Å². The zero-order valence-electron chi connectivity index (χ0n) is 6.81. The lowest BCUT2D eigenvalue weighted by Crippen LogP contribution is -1.78. The molecular weight excluding hydrogens is 336 g/mol. The Morgan fingerprint density at radius 1 is 1.00 bits per heavy atom. The van der Waals surface area contributed by atoms with Gasteiger partial charge in [-0.1, -0.05) is 44.9 Å². The number of rotatable bonds is 1. The second kappa shape index (κ2) is 6.06. The van der Waals surface area contributed by atoms with Gasteiger partial charge in [-0.3, -0.25) is 0 Å². The highest BCUT2D eigenvalue weighted by atomic mass is 79.9. The van der Waals surface area contributed by atoms with Crippen molar-refractivity contribution < 1.29 is 0 Å². The zero-order chi connectivity index (χ0) is 9.80. The first-order valence-electron chi connectivity index (χ1n) is 3.66.